The van der Waals surface area contributed by atoms with Gasteiger partial charge in [-0.3, -0.25) is 0 Å². The average molecular weight is 187 g/mol. The number of anilines is 1. The number of aromatic nitrogens is 2. The largest absolute Gasteiger partial charge is 0.397 e. The van der Waals surface area contributed by atoms with Crippen LogP contribution in [-0.4, -0.2) is 9.97 Å². The SMILES string of the molecule is Cc1cc[nH]c1/C=C/c1[nH]ccc1N. The Morgan fingerprint density at radius 2 is 1.71 bits per heavy atom. The van der Waals surface area contributed by atoms with Gasteiger partial charge in [0.05, 0.1) is 11.4 Å². The molecule has 0 spiro atoms. The Morgan fingerprint density at radius 3 is 2.29 bits per heavy atom. The van der Waals surface area contributed by atoms with Crippen LogP contribution in [0.5, 0.6) is 0 Å². The van der Waals surface area contributed by atoms with Gasteiger partial charge in [-0.05, 0) is 36.8 Å². The van der Waals surface area contributed by atoms with E-state index in [1.165, 1.54) is 5.56 Å². The highest BCUT2D eigenvalue weighted by molar-refractivity contribution is 5.73. The number of hydrogen-bond donors (Lipinski definition) is 3. The molecular formula is C11H13N3. The fourth-order valence-electron chi connectivity index (χ4n) is 1.34. The van der Waals surface area contributed by atoms with Crippen molar-refractivity contribution in [3.05, 3.63) is 41.5 Å². The van der Waals surface area contributed by atoms with E-state index in [4.69, 9.17) is 5.73 Å². The minimum absolute atomic E-state index is 0.769. The van der Waals surface area contributed by atoms with E-state index in [2.05, 4.69) is 16.9 Å². The van der Waals surface area contributed by atoms with Gasteiger partial charge in [0, 0.05) is 18.1 Å². The molecule has 0 aliphatic carbocycles. The zero-order valence-corrected chi connectivity index (χ0v) is 8.04. The summed E-state index contributed by atoms with van der Waals surface area (Å²) in [5.74, 6) is 0. The van der Waals surface area contributed by atoms with Crippen LogP contribution in [0.4, 0.5) is 5.69 Å². The molecule has 72 valence electrons. The van der Waals surface area contributed by atoms with Gasteiger partial charge in [-0.15, -0.1) is 0 Å². The molecule has 0 saturated heterocycles. The molecule has 3 nitrogen and oxygen atoms in total. The first-order chi connectivity index (χ1) is 6.77. The van der Waals surface area contributed by atoms with Gasteiger partial charge in [-0.25, -0.2) is 0 Å². The number of H-pyrrole nitrogens is 2. The first-order valence-electron chi connectivity index (χ1n) is 4.52. The number of rotatable bonds is 2. The summed E-state index contributed by atoms with van der Waals surface area (Å²) >= 11 is 0. The zero-order valence-electron chi connectivity index (χ0n) is 8.04. The average Bonchev–Trinajstić information content (AvgIpc) is 2.72. The number of nitrogen functional groups attached to an aromatic ring is 1. The van der Waals surface area contributed by atoms with Crippen LogP contribution in [0.1, 0.15) is 17.0 Å². The highest BCUT2D eigenvalue weighted by Gasteiger charge is 1.96. The molecule has 2 aromatic rings. The van der Waals surface area contributed by atoms with Crippen LogP contribution in [0.15, 0.2) is 24.5 Å². The minimum Gasteiger partial charge on any atom is -0.397 e. The van der Waals surface area contributed by atoms with Crippen molar-refractivity contribution in [2.24, 2.45) is 0 Å². The highest BCUT2D eigenvalue weighted by Crippen LogP contribution is 2.13. The van der Waals surface area contributed by atoms with E-state index in [1.54, 1.807) is 0 Å². The molecule has 2 heterocycles. The zero-order chi connectivity index (χ0) is 9.97. The Labute approximate surface area is 82.7 Å². The van der Waals surface area contributed by atoms with Gasteiger partial charge in [0.25, 0.3) is 0 Å². The fourth-order valence-corrected chi connectivity index (χ4v) is 1.34. The van der Waals surface area contributed by atoms with Crippen LogP contribution in [0.2, 0.25) is 0 Å². The van der Waals surface area contributed by atoms with Crippen LogP contribution < -0.4 is 5.73 Å². The van der Waals surface area contributed by atoms with Crippen LogP contribution >= 0.6 is 0 Å². The summed E-state index contributed by atoms with van der Waals surface area (Å²) in [4.78, 5) is 6.21. The highest BCUT2D eigenvalue weighted by atomic mass is 14.7. The van der Waals surface area contributed by atoms with E-state index in [9.17, 15) is 0 Å². The van der Waals surface area contributed by atoms with Crippen LogP contribution in [0.3, 0.4) is 0 Å². The van der Waals surface area contributed by atoms with E-state index in [0.717, 1.165) is 17.1 Å². The normalized spacial score (nSPS) is 11.2. The van der Waals surface area contributed by atoms with E-state index in [1.807, 2.05) is 36.7 Å². The maximum Gasteiger partial charge on any atom is 0.0614 e. The standard InChI is InChI=1S/C11H13N3/c1-8-4-6-13-10(8)2-3-11-9(12)5-7-14-11/h2-7,13-14H,12H2,1H3/b3-2+. The Balaban J connectivity index is 2.23. The van der Waals surface area contributed by atoms with E-state index in [-0.39, 0.29) is 0 Å². The first kappa shape index (κ1) is 8.69. The number of aryl methyl sites for hydroxylation is 1. The van der Waals surface area contributed by atoms with Gasteiger partial charge in [0.2, 0.25) is 0 Å². The smallest absolute Gasteiger partial charge is 0.0614 e. The van der Waals surface area contributed by atoms with Gasteiger partial charge >= 0.3 is 0 Å². The van der Waals surface area contributed by atoms with Gasteiger partial charge < -0.3 is 15.7 Å². The molecule has 0 aliphatic heterocycles. The van der Waals surface area contributed by atoms with E-state index >= 15 is 0 Å². The van der Waals surface area contributed by atoms with E-state index < -0.39 is 0 Å². The number of hydrogen-bond acceptors (Lipinski definition) is 1. The summed E-state index contributed by atoms with van der Waals surface area (Å²) in [7, 11) is 0. The molecule has 2 aromatic heterocycles. The van der Waals surface area contributed by atoms with Gasteiger partial charge in [-0.1, -0.05) is 0 Å². The Morgan fingerprint density at radius 1 is 1.07 bits per heavy atom. The van der Waals surface area contributed by atoms with Gasteiger partial charge in [0.15, 0.2) is 0 Å². The molecule has 0 atom stereocenters. The minimum atomic E-state index is 0.769. The Kier molecular flexibility index (Phi) is 2.14. The summed E-state index contributed by atoms with van der Waals surface area (Å²) in [5.41, 5.74) is 9.78. The summed E-state index contributed by atoms with van der Waals surface area (Å²) in [6.45, 7) is 2.06. The van der Waals surface area contributed by atoms with Crippen LogP contribution in [-0.2, 0) is 0 Å². The Hall–Kier alpha value is -1.90. The lowest BCUT2D eigenvalue weighted by Gasteiger charge is -1.92. The fraction of sp³-hybridized carbons (Fsp3) is 0.0909. The molecule has 14 heavy (non-hydrogen) atoms. The molecule has 0 saturated carbocycles. The molecule has 3 heteroatoms. The molecule has 0 aliphatic rings. The predicted molar refractivity (Wildman–Crippen MR) is 59.7 cm³/mol. The van der Waals surface area contributed by atoms with Crippen molar-refractivity contribution in [3.8, 4) is 0 Å². The van der Waals surface area contributed by atoms with E-state index in [0.29, 0.717) is 0 Å². The maximum absolute atomic E-state index is 5.73. The lowest BCUT2D eigenvalue weighted by Crippen LogP contribution is -1.84. The third-order valence-corrected chi connectivity index (χ3v) is 2.23. The van der Waals surface area contributed by atoms with Crippen molar-refractivity contribution in [2.75, 3.05) is 5.73 Å². The second-order valence-corrected chi connectivity index (χ2v) is 3.25. The van der Waals surface area contributed by atoms with Crippen LogP contribution in [0.25, 0.3) is 12.2 Å². The summed E-state index contributed by atoms with van der Waals surface area (Å²) in [6.07, 6.45) is 7.73. The first-order valence-corrected chi connectivity index (χ1v) is 4.52. The molecule has 0 aromatic carbocycles. The predicted octanol–water partition coefficient (Wildman–Crippen LogP) is 2.40. The lowest BCUT2D eigenvalue weighted by molar-refractivity contribution is 1.34. The quantitative estimate of drug-likeness (QED) is 0.664. The van der Waals surface area contributed by atoms with Crippen molar-refractivity contribution < 1.29 is 0 Å². The molecule has 0 fully saturated rings. The molecule has 0 unspecified atom stereocenters. The van der Waals surface area contributed by atoms with Crippen molar-refractivity contribution in [1.82, 2.24) is 9.97 Å². The lowest BCUT2D eigenvalue weighted by atomic mass is 10.2. The monoisotopic (exact) mass is 187 g/mol. The summed E-state index contributed by atoms with van der Waals surface area (Å²) in [6, 6.07) is 3.89. The summed E-state index contributed by atoms with van der Waals surface area (Å²) in [5, 5.41) is 0. The summed E-state index contributed by atoms with van der Waals surface area (Å²) < 4.78 is 0. The van der Waals surface area contributed by atoms with Gasteiger partial charge in [0.1, 0.15) is 0 Å². The van der Waals surface area contributed by atoms with Crippen molar-refractivity contribution in [1.29, 1.82) is 0 Å². The third kappa shape index (κ3) is 1.57. The maximum atomic E-state index is 5.73. The molecule has 0 radical (unpaired) electrons. The van der Waals surface area contributed by atoms with Gasteiger partial charge in [-0.2, -0.15) is 0 Å². The van der Waals surface area contributed by atoms with Crippen LogP contribution in [0, 0.1) is 6.92 Å². The second kappa shape index (κ2) is 3.46. The molecule has 2 rings (SSSR count). The third-order valence-electron chi connectivity index (χ3n) is 2.23. The topological polar surface area (TPSA) is 57.6 Å². The number of aromatic amines is 2. The van der Waals surface area contributed by atoms with Crippen molar-refractivity contribution in [3.63, 3.8) is 0 Å². The van der Waals surface area contributed by atoms with Crippen molar-refractivity contribution >= 4 is 17.8 Å². The van der Waals surface area contributed by atoms with Crippen molar-refractivity contribution in [2.45, 2.75) is 6.92 Å². The number of nitrogens with two attached hydrogens (primary N) is 1. The second-order valence-electron chi connectivity index (χ2n) is 3.25. The number of nitrogens with one attached hydrogen (secondary N) is 2. The molecule has 0 bridgehead atoms. The molecule has 4 N–H and O–H groups in total. The molecular weight excluding hydrogens is 174 g/mol. The Bertz CT molecular complexity index is 406. The molecule has 0 amide bonds.